The van der Waals surface area contributed by atoms with Gasteiger partial charge in [-0.15, -0.1) is 0 Å². The predicted molar refractivity (Wildman–Crippen MR) is 74.4 cm³/mol. The van der Waals surface area contributed by atoms with Gasteiger partial charge in [0, 0.05) is 25.4 Å². The molecule has 0 atom stereocenters. The Kier molecular flexibility index (Phi) is 6.21. The quantitative estimate of drug-likeness (QED) is 0.445. The van der Waals surface area contributed by atoms with Crippen molar-refractivity contribution in [2.75, 3.05) is 18.5 Å². The van der Waals surface area contributed by atoms with Gasteiger partial charge < -0.3 is 10.1 Å². The Morgan fingerprint density at radius 1 is 1.47 bits per heavy atom. The number of nitrogens with one attached hydrogen (secondary N) is 1. The molecule has 0 fully saturated rings. The largest absolute Gasteiger partial charge is 0.379 e. The first-order valence-corrected chi connectivity index (χ1v) is 6.47. The topological polar surface area (TPSA) is 77.3 Å². The highest BCUT2D eigenvalue weighted by molar-refractivity contribution is 5.56. The molecule has 0 aromatic carbocycles. The van der Waals surface area contributed by atoms with Crippen molar-refractivity contribution < 1.29 is 9.66 Å². The van der Waals surface area contributed by atoms with Crippen molar-refractivity contribution >= 4 is 11.5 Å². The van der Waals surface area contributed by atoms with Crippen molar-refractivity contribution in [2.24, 2.45) is 0 Å². The van der Waals surface area contributed by atoms with E-state index in [0.29, 0.717) is 19.0 Å². The summed E-state index contributed by atoms with van der Waals surface area (Å²) in [5, 5.41) is 13.9. The van der Waals surface area contributed by atoms with E-state index in [0.717, 1.165) is 18.4 Å². The lowest BCUT2D eigenvalue weighted by atomic mass is 10.2. The highest BCUT2D eigenvalue weighted by atomic mass is 16.6. The lowest BCUT2D eigenvalue weighted by Gasteiger charge is -2.08. The van der Waals surface area contributed by atoms with Crippen molar-refractivity contribution in [3.05, 3.63) is 27.9 Å². The molecule has 0 bridgehead atoms. The van der Waals surface area contributed by atoms with Gasteiger partial charge >= 0.3 is 5.69 Å². The number of aromatic nitrogens is 1. The molecular formula is C13H21N3O3. The minimum Gasteiger partial charge on any atom is -0.379 e. The van der Waals surface area contributed by atoms with Gasteiger partial charge in [-0.05, 0) is 39.2 Å². The number of anilines is 1. The summed E-state index contributed by atoms with van der Waals surface area (Å²) in [6.45, 7) is 7.14. The third-order valence-electron chi connectivity index (χ3n) is 2.52. The summed E-state index contributed by atoms with van der Waals surface area (Å²) in [5.41, 5.74) is 0.806. The maximum Gasteiger partial charge on any atom is 0.311 e. The van der Waals surface area contributed by atoms with Crippen LogP contribution < -0.4 is 5.32 Å². The molecule has 0 aliphatic carbocycles. The van der Waals surface area contributed by atoms with Gasteiger partial charge in [0.05, 0.1) is 11.0 Å². The van der Waals surface area contributed by atoms with Gasteiger partial charge in [0.15, 0.2) is 0 Å². The van der Waals surface area contributed by atoms with E-state index in [-0.39, 0.29) is 11.8 Å². The van der Waals surface area contributed by atoms with Gasteiger partial charge in [-0.2, -0.15) is 0 Å². The Balaban J connectivity index is 2.39. The van der Waals surface area contributed by atoms with Crippen LogP contribution in [0.5, 0.6) is 0 Å². The van der Waals surface area contributed by atoms with Crippen LogP contribution in [0.15, 0.2) is 12.3 Å². The van der Waals surface area contributed by atoms with E-state index < -0.39 is 4.92 Å². The van der Waals surface area contributed by atoms with Crippen LogP contribution >= 0.6 is 0 Å². The predicted octanol–water partition coefficient (Wildman–Crippen LogP) is 2.92. The van der Waals surface area contributed by atoms with Crippen LogP contribution in [-0.2, 0) is 4.74 Å². The van der Waals surface area contributed by atoms with Gasteiger partial charge in [0.2, 0.25) is 5.82 Å². The number of unbranched alkanes of at least 4 members (excludes halogenated alkanes) is 1. The average molecular weight is 267 g/mol. The van der Waals surface area contributed by atoms with Gasteiger partial charge in [-0.1, -0.05) is 0 Å². The average Bonchev–Trinajstić information content (AvgIpc) is 2.34. The zero-order chi connectivity index (χ0) is 14.3. The molecule has 6 heteroatoms. The van der Waals surface area contributed by atoms with Gasteiger partial charge in [0.25, 0.3) is 0 Å². The Morgan fingerprint density at radius 3 is 2.84 bits per heavy atom. The maximum absolute atomic E-state index is 10.9. The molecule has 1 N–H and O–H groups in total. The first kappa shape index (κ1) is 15.4. The normalized spacial score (nSPS) is 10.7. The van der Waals surface area contributed by atoms with Crippen LogP contribution in [0.25, 0.3) is 0 Å². The molecule has 6 nitrogen and oxygen atoms in total. The monoisotopic (exact) mass is 267 g/mol. The maximum atomic E-state index is 10.9. The Bertz CT molecular complexity index is 422. The molecule has 19 heavy (non-hydrogen) atoms. The summed E-state index contributed by atoms with van der Waals surface area (Å²) < 4.78 is 5.42. The molecule has 1 aromatic rings. The molecule has 0 amide bonds. The van der Waals surface area contributed by atoms with E-state index in [2.05, 4.69) is 10.3 Å². The highest BCUT2D eigenvalue weighted by Gasteiger charge is 2.14. The van der Waals surface area contributed by atoms with Gasteiger partial charge in [-0.25, -0.2) is 4.98 Å². The van der Waals surface area contributed by atoms with E-state index in [4.69, 9.17) is 4.74 Å². The number of aryl methyl sites for hydroxylation is 1. The molecule has 0 radical (unpaired) electrons. The zero-order valence-corrected chi connectivity index (χ0v) is 11.7. The smallest absolute Gasteiger partial charge is 0.311 e. The summed E-state index contributed by atoms with van der Waals surface area (Å²) in [6, 6.07) is 1.53. The fraction of sp³-hybridized carbons (Fsp3) is 0.615. The highest BCUT2D eigenvalue weighted by Crippen LogP contribution is 2.22. The number of hydrogen-bond donors (Lipinski definition) is 1. The number of rotatable bonds is 8. The van der Waals surface area contributed by atoms with Crippen LogP contribution in [0.1, 0.15) is 32.3 Å². The van der Waals surface area contributed by atoms with E-state index in [1.165, 1.54) is 6.07 Å². The molecule has 1 rings (SSSR count). The number of nitro groups is 1. The molecule has 0 saturated heterocycles. The standard InChI is InChI=1S/C13H21N3O3/c1-10(2)19-7-5-4-6-14-13-12(16(17)18)8-11(3)9-15-13/h8-10H,4-7H2,1-3H3,(H,14,15). The lowest BCUT2D eigenvalue weighted by molar-refractivity contribution is -0.384. The van der Waals surface area contributed by atoms with Gasteiger partial charge in [0.1, 0.15) is 0 Å². The Labute approximate surface area is 113 Å². The van der Waals surface area contributed by atoms with Crippen molar-refractivity contribution in [1.82, 2.24) is 4.98 Å². The minimum absolute atomic E-state index is 0.0263. The number of ether oxygens (including phenoxy) is 1. The lowest BCUT2D eigenvalue weighted by Crippen LogP contribution is -2.09. The van der Waals surface area contributed by atoms with Crippen LogP contribution in [-0.4, -0.2) is 29.2 Å². The molecular weight excluding hydrogens is 246 g/mol. The summed E-state index contributed by atoms with van der Waals surface area (Å²) in [7, 11) is 0. The van der Waals surface area contributed by atoms with E-state index in [1.54, 1.807) is 13.1 Å². The van der Waals surface area contributed by atoms with Crippen LogP contribution in [0.3, 0.4) is 0 Å². The second kappa shape index (κ2) is 7.68. The molecule has 0 saturated carbocycles. The van der Waals surface area contributed by atoms with Crippen molar-refractivity contribution in [3.8, 4) is 0 Å². The molecule has 0 aliphatic heterocycles. The van der Waals surface area contributed by atoms with Crippen LogP contribution in [0.2, 0.25) is 0 Å². The second-order valence-corrected chi connectivity index (χ2v) is 4.69. The molecule has 106 valence electrons. The number of nitrogens with zero attached hydrogens (tertiary/aromatic N) is 2. The summed E-state index contributed by atoms with van der Waals surface area (Å²) in [4.78, 5) is 14.5. The zero-order valence-electron chi connectivity index (χ0n) is 11.7. The third kappa shape index (κ3) is 5.65. The SMILES string of the molecule is Cc1cnc(NCCCCOC(C)C)c([N+](=O)[O-])c1. The van der Waals surface area contributed by atoms with E-state index in [9.17, 15) is 10.1 Å². The first-order chi connectivity index (χ1) is 9.00. The number of hydrogen-bond acceptors (Lipinski definition) is 5. The fourth-order valence-electron chi connectivity index (χ4n) is 1.58. The minimum atomic E-state index is -0.412. The molecule has 0 aliphatic rings. The van der Waals surface area contributed by atoms with E-state index >= 15 is 0 Å². The molecule has 1 aromatic heterocycles. The van der Waals surface area contributed by atoms with E-state index in [1.807, 2.05) is 13.8 Å². The second-order valence-electron chi connectivity index (χ2n) is 4.69. The summed E-state index contributed by atoms with van der Waals surface area (Å²) >= 11 is 0. The molecule has 0 unspecified atom stereocenters. The van der Waals surface area contributed by atoms with Crippen LogP contribution in [0, 0.1) is 17.0 Å². The molecule has 0 spiro atoms. The van der Waals surface area contributed by atoms with Crippen molar-refractivity contribution in [2.45, 2.75) is 39.7 Å². The molecule has 1 heterocycles. The first-order valence-electron chi connectivity index (χ1n) is 6.47. The Hall–Kier alpha value is -1.69. The van der Waals surface area contributed by atoms with Gasteiger partial charge in [-0.3, -0.25) is 10.1 Å². The van der Waals surface area contributed by atoms with Crippen molar-refractivity contribution in [1.29, 1.82) is 0 Å². The summed E-state index contributed by atoms with van der Waals surface area (Å²) in [6.07, 6.45) is 3.68. The summed E-state index contributed by atoms with van der Waals surface area (Å²) in [5.74, 6) is 0.334. The van der Waals surface area contributed by atoms with Crippen LogP contribution in [0.4, 0.5) is 11.5 Å². The third-order valence-corrected chi connectivity index (χ3v) is 2.52. The number of pyridine rings is 1. The fourth-order valence-corrected chi connectivity index (χ4v) is 1.58. The van der Waals surface area contributed by atoms with Crippen molar-refractivity contribution in [3.63, 3.8) is 0 Å². The Morgan fingerprint density at radius 2 is 2.21 bits per heavy atom.